The van der Waals surface area contributed by atoms with Gasteiger partial charge in [0.2, 0.25) is 5.91 Å². The first-order valence-corrected chi connectivity index (χ1v) is 12.7. The van der Waals surface area contributed by atoms with Crippen molar-refractivity contribution in [2.75, 3.05) is 32.8 Å². The van der Waals surface area contributed by atoms with Gasteiger partial charge in [0.1, 0.15) is 24.7 Å². The Morgan fingerprint density at radius 3 is 2.94 bits per heavy atom. The smallest absolute Gasteiger partial charge is 0.318 e. The summed E-state index contributed by atoms with van der Waals surface area (Å²) in [4.78, 5) is 31.0. The van der Waals surface area contributed by atoms with E-state index in [2.05, 4.69) is 5.32 Å². The summed E-state index contributed by atoms with van der Waals surface area (Å²) in [6.45, 7) is 5.58. The molecule has 1 aromatic carbocycles. The average molecular weight is 490 g/mol. The van der Waals surface area contributed by atoms with Gasteiger partial charge in [-0.2, -0.15) is 0 Å². The number of ether oxygens (including phenoxy) is 2. The molecule has 2 aliphatic rings. The maximum Gasteiger partial charge on any atom is 0.318 e. The second kappa shape index (κ2) is 11.2. The van der Waals surface area contributed by atoms with Gasteiger partial charge in [0, 0.05) is 36.7 Å². The first-order valence-electron chi connectivity index (χ1n) is 11.8. The van der Waals surface area contributed by atoms with Gasteiger partial charge in [0.15, 0.2) is 0 Å². The monoisotopic (exact) mass is 489 g/mol. The molecule has 0 unspecified atom stereocenters. The molecule has 0 aliphatic carbocycles. The number of rotatable bonds is 8. The normalized spacial score (nSPS) is 19.7. The summed E-state index contributed by atoms with van der Waals surface area (Å²) >= 11 is 1.67. The van der Waals surface area contributed by atoms with E-state index >= 15 is 0 Å². The average Bonchev–Trinajstić information content (AvgIpc) is 3.48. The zero-order chi connectivity index (χ0) is 24.1. The number of urea groups is 1. The van der Waals surface area contributed by atoms with Crippen LogP contribution >= 0.6 is 11.3 Å². The summed E-state index contributed by atoms with van der Waals surface area (Å²) in [6.07, 6.45) is 2.55. The number of hydrogen-bond donors (Lipinski definition) is 1. The molecule has 1 fully saturated rings. The largest absolute Gasteiger partial charge is 0.491 e. The van der Waals surface area contributed by atoms with E-state index in [0.29, 0.717) is 25.4 Å². The van der Waals surface area contributed by atoms with E-state index in [1.54, 1.807) is 33.3 Å². The molecule has 0 spiro atoms. The van der Waals surface area contributed by atoms with Crippen molar-refractivity contribution in [2.24, 2.45) is 0 Å². The van der Waals surface area contributed by atoms with Gasteiger partial charge in [0.25, 0.3) is 0 Å². The first-order chi connectivity index (χ1) is 16.4. The van der Waals surface area contributed by atoms with Gasteiger partial charge in [0.05, 0.1) is 12.1 Å². The number of fused-ring (bicyclic) bond motifs is 1. The SMILES string of the molecule is CC(C)NC(=O)N(CC(=O)N1CCc2sccc2[C@H]1COc1cccc(F)c1)C[C@H]1CCCO1. The second-order valence-corrected chi connectivity index (χ2v) is 10.0. The molecule has 0 radical (unpaired) electrons. The molecule has 1 N–H and O–H groups in total. The fourth-order valence-electron chi connectivity index (χ4n) is 4.45. The standard InChI is InChI=1S/C25H32FN3O4S/c1-17(2)27-25(31)28(14-20-7-4-11-32-20)15-24(30)29-10-8-23-21(9-12-34-23)22(29)16-33-19-6-3-5-18(26)13-19/h3,5-6,9,12-13,17,20,22H,4,7-8,10-11,14-16H2,1-2H3,(H,27,31)/t20-,22-/m1/s1. The maximum absolute atomic E-state index is 13.6. The molecule has 3 heterocycles. The predicted molar refractivity (Wildman–Crippen MR) is 129 cm³/mol. The van der Waals surface area contributed by atoms with Crippen LogP contribution in [0.2, 0.25) is 0 Å². The Morgan fingerprint density at radius 1 is 1.35 bits per heavy atom. The lowest BCUT2D eigenvalue weighted by atomic mass is 10.0. The number of carbonyl (C=O) groups excluding carboxylic acids is 2. The van der Waals surface area contributed by atoms with Crippen molar-refractivity contribution in [3.63, 3.8) is 0 Å². The molecule has 1 saturated heterocycles. The van der Waals surface area contributed by atoms with Crippen LogP contribution in [0, 0.1) is 5.82 Å². The van der Waals surface area contributed by atoms with Crippen molar-refractivity contribution in [3.8, 4) is 5.75 Å². The fourth-order valence-corrected chi connectivity index (χ4v) is 5.38. The number of benzene rings is 1. The number of halogens is 1. The van der Waals surface area contributed by atoms with Crippen LogP contribution in [0.25, 0.3) is 0 Å². The lowest BCUT2D eigenvalue weighted by Crippen LogP contribution is -2.52. The third kappa shape index (κ3) is 6.07. The van der Waals surface area contributed by atoms with E-state index < -0.39 is 0 Å². The van der Waals surface area contributed by atoms with Gasteiger partial charge in [-0.1, -0.05) is 6.07 Å². The summed E-state index contributed by atoms with van der Waals surface area (Å²) in [7, 11) is 0. The summed E-state index contributed by atoms with van der Waals surface area (Å²) in [6, 6.07) is 7.42. The molecule has 3 amide bonds. The number of carbonyl (C=O) groups is 2. The van der Waals surface area contributed by atoms with Crippen molar-refractivity contribution in [1.29, 1.82) is 0 Å². The second-order valence-electron chi connectivity index (χ2n) is 9.04. The summed E-state index contributed by atoms with van der Waals surface area (Å²) in [5, 5.41) is 4.92. The number of nitrogens with one attached hydrogen (secondary N) is 1. The highest BCUT2D eigenvalue weighted by Gasteiger charge is 2.34. The molecule has 4 rings (SSSR count). The Labute approximate surface area is 203 Å². The minimum atomic E-state index is -0.369. The molecular weight excluding hydrogens is 457 g/mol. The molecule has 2 aromatic rings. The summed E-state index contributed by atoms with van der Waals surface area (Å²) in [5.74, 6) is -0.0843. The molecule has 184 valence electrons. The highest BCUT2D eigenvalue weighted by atomic mass is 32.1. The molecule has 1 aromatic heterocycles. The van der Waals surface area contributed by atoms with Crippen molar-refractivity contribution in [3.05, 3.63) is 52.0 Å². The Balaban J connectivity index is 1.49. The first kappa shape index (κ1) is 24.5. The Hall–Kier alpha value is -2.65. The number of amides is 3. The highest BCUT2D eigenvalue weighted by Crippen LogP contribution is 2.34. The van der Waals surface area contributed by atoms with E-state index in [9.17, 15) is 14.0 Å². The van der Waals surface area contributed by atoms with Gasteiger partial charge < -0.3 is 24.6 Å². The van der Waals surface area contributed by atoms with Gasteiger partial charge in [-0.15, -0.1) is 11.3 Å². The van der Waals surface area contributed by atoms with Gasteiger partial charge in [-0.05, 0) is 62.3 Å². The van der Waals surface area contributed by atoms with Crippen LogP contribution in [0.3, 0.4) is 0 Å². The number of hydrogen-bond acceptors (Lipinski definition) is 5. The van der Waals surface area contributed by atoms with E-state index in [0.717, 1.165) is 24.8 Å². The van der Waals surface area contributed by atoms with Crippen LogP contribution in [0.15, 0.2) is 35.7 Å². The van der Waals surface area contributed by atoms with E-state index in [-0.39, 0.29) is 49.1 Å². The van der Waals surface area contributed by atoms with Crippen molar-refractivity contribution >= 4 is 23.3 Å². The molecule has 0 saturated carbocycles. The van der Waals surface area contributed by atoms with Gasteiger partial charge >= 0.3 is 6.03 Å². The van der Waals surface area contributed by atoms with Crippen LogP contribution in [0.5, 0.6) is 5.75 Å². The zero-order valence-electron chi connectivity index (χ0n) is 19.7. The lowest BCUT2D eigenvalue weighted by Gasteiger charge is -2.37. The van der Waals surface area contributed by atoms with Crippen LogP contribution in [-0.2, 0) is 16.0 Å². The van der Waals surface area contributed by atoms with Crippen molar-refractivity contribution in [2.45, 2.75) is 51.3 Å². The highest BCUT2D eigenvalue weighted by molar-refractivity contribution is 7.10. The Kier molecular flexibility index (Phi) is 8.05. The molecule has 2 aliphatic heterocycles. The van der Waals surface area contributed by atoms with E-state index in [1.165, 1.54) is 17.0 Å². The van der Waals surface area contributed by atoms with Gasteiger partial charge in [-0.25, -0.2) is 9.18 Å². The Bertz CT molecular complexity index is 992. The van der Waals surface area contributed by atoms with Crippen LogP contribution in [0.1, 0.15) is 43.2 Å². The zero-order valence-corrected chi connectivity index (χ0v) is 20.5. The minimum Gasteiger partial charge on any atom is -0.491 e. The predicted octanol–water partition coefficient (Wildman–Crippen LogP) is 3.99. The minimum absolute atomic E-state index is 0.0334. The van der Waals surface area contributed by atoms with Crippen molar-refractivity contribution < 1.29 is 23.5 Å². The summed E-state index contributed by atoms with van der Waals surface area (Å²) < 4.78 is 25.2. The molecule has 34 heavy (non-hydrogen) atoms. The fraction of sp³-hybridized carbons (Fsp3) is 0.520. The molecule has 7 nitrogen and oxygen atoms in total. The topological polar surface area (TPSA) is 71.1 Å². The third-order valence-electron chi connectivity index (χ3n) is 6.09. The number of nitrogens with zero attached hydrogens (tertiary/aromatic N) is 2. The quantitative estimate of drug-likeness (QED) is 0.609. The third-order valence-corrected chi connectivity index (χ3v) is 7.09. The summed E-state index contributed by atoms with van der Waals surface area (Å²) in [5.41, 5.74) is 1.05. The van der Waals surface area contributed by atoms with Crippen LogP contribution in [0.4, 0.5) is 9.18 Å². The van der Waals surface area contributed by atoms with Gasteiger partial charge in [-0.3, -0.25) is 4.79 Å². The molecule has 9 heteroatoms. The lowest BCUT2D eigenvalue weighted by molar-refractivity contribution is -0.135. The van der Waals surface area contributed by atoms with Crippen LogP contribution in [-0.4, -0.2) is 66.7 Å². The van der Waals surface area contributed by atoms with Crippen molar-refractivity contribution in [1.82, 2.24) is 15.1 Å². The Morgan fingerprint density at radius 2 is 2.21 bits per heavy atom. The van der Waals surface area contributed by atoms with E-state index in [1.807, 2.05) is 25.3 Å². The molecular formula is C25H32FN3O4S. The maximum atomic E-state index is 13.6. The van der Waals surface area contributed by atoms with Crippen LogP contribution < -0.4 is 10.1 Å². The number of thiophene rings is 1. The van der Waals surface area contributed by atoms with E-state index in [4.69, 9.17) is 9.47 Å². The molecule has 2 atom stereocenters. The molecule has 0 bridgehead atoms.